The van der Waals surface area contributed by atoms with Crippen LogP contribution in [-0.2, 0) is 17.8 Å². The van der Waals surface area contributed by atoms with Gasteiger partial charge < -0.3 is 19.1 Å². The predicted octanol–water partition coefficient (Wildman–Crippen LogP) is 2.19. The Morgan fingerprint density at radius 2 is 1.97 bits per heavy atom. The number of rotatable bonds is 3. The van der Waals surface area contributed by atoms with Gasteiger partial charge in [0.25, 0.3) is 5.56 Å². The molecule has 0 amide bonds. The number of alkyl halides is 3. The Hall–Kier alpha value is -2.56. The van der Waals surface area contributed by atoms with Gasteiger partial charge in [-0.3, -0.25) is 9.36 Å². The molecule has 8 nitrogen and oxygen atoms in total. The average Bonchev–Trinajstić information content (AvgIpc) is 3.14. The first-order chi connectivity index (χ1) is 13.8. The zero-order valence-corrected chi connectivity index (χ0v) is 16.1. The maximum atomic E-state index is 13.8. The molecule has 0 saturated carbocycles. The molecule has 11 heteroatoms. The van der Waals surface area contributed by atoms with Gasteiger partial charge in [0.2, 0.25) is 5.95 Å². The van der Waals surface area contributed by atoms with E-state index in [0.29, 0.717) is 24.7 Å². The first-order valence-electron chi connectivity index (χ1n) is 9.46. The summed E-state index contributed by atoms with van der Waals surface area (Å²) >= 11 is 0. The number of nitrogens with zero attached hydrogens (tertiary/aromatic N) is 5. The van der Waals surface area contributed by atoms with E-state index in [0.717, 1.165) is 4.90 Å². The second-order valence-corrected chi connectivity index (χ2v) is 7.51. The fraction of sp³-hybridized carbons (Fsp3) is 0.611. The van der Waals surface area contributed by atoms with Gasteiger partial charge in [-0.2, -0.15) is 18.2 Å². The number of hydrogen-bond donors (Lipinski definition) is 0. The van der Waals surface area contributed by atoms with Crippen LogP contribution in [0.5, 0.6) is 0 Å². The molecule has 29 heavy (non-hydrogen) atoms. The summed E-state index contributed by atoms with van der Waals surface area (Å²) in [7, 11) is 0. The molecule has 4 rings (SSSR count). The van der Waals surface area contributed by atoms with Crippen LogP contribution in [0.2, 0.25) is 0 Å². The number of morpholine rings is 1. The summed E-state index contributed by atoms with van der Waals surface area (Å²) in [5, 5.41) is 3.73. The number of ether oxygens (including phenoxy) is 1. The van der Waals surface area contributed by atoms with E-state index < -0.39 is 12.2 Å². The molecule has 2 aliphatic heterocycles. The van der Waals surface area contributed by atoms with Crippen LogP contribution < -0.4 is 15.4 Å². The highest BCUT2D eigenvalue weighted by atomic mass is 19.4. The first kappa shape index (κ1) is 19.7. The molecule has 1 unspecified atom stereocenters. The van der Waals surface area contributed by atoms with Crippen LogP contribution in [0, 0.1) is 0 Å². The molecule has 1 saturated heterocycles. The van der Waals surface area contributed by atoms with Crippen molar-refractivity contribution in [3.8, 4) is 0 Å². The zero-order valence-electron chi connectivity index (χ0n) is 16.1. The Balaban J connectivity index is 1.80. The Morgan fingerprint density at radius 3 is 2.59 bits per heavy atom. The van der Waals surface area contributed by atoms with E-state index >= 15 is 0 Å². The van der Waals surface area contributed by atoms with Gasteiger partial charge in [0.05, 0.1) is 31.8 Å². The second kappa shape index (κ2) is 7.36. The van der Waals surface area contributed by atoms with Crippen molar-refractivity contribution in [2.75, 3.05) is 23.0 Å². The number of hydrogen-bond acceptors (Lipinski definition) is 7. The van der Waals surface area contributed by atoms with Crippen molar-refractivity contribution in [3.05, 3.63) is 34.4 Å². The summed E-state index contributed by atoms with van der Waals surface area (Å²) in [6, 6.07) is 1.02. The van der Waals surface area contributed by atoms with E-state index in [4.69, 9.17) is 9.26 Å². The van der Waals surface area contributed by atoms with Gasteiger partial charge in [-0.25, -0.2) is 0 Å². The largest absolute Gasteiger partial charge is 0.408 e. The van der Waals surface area contributed by atoms with Gasteiger partial charge in [-0.1, -0.05) is 5.16 Å². The Kier molecular flexibility index (Phi) is 5.01. The molecule has 0 N–H and O–H groups in total. The summed E-state index contributed by atoms with van der Waals surface area (Å²) in [6.45, 7) is 4.57. The van der Waals surface area contributed by atoms with Crippen molar-refractivity contribution in [2.24, 2.45) is 0 Å². The SMILES string of the molecule is C[C@@H]1COC[C@@H](C)N1c1cc(=O)n2c(n1)N(Cc1ccon1)C(C(F)(F)F)CC2. The number of anilines is 2. The van der Waals surface area contributed by atoms with Crippen LogP contribution >= 0.6 is 0 Å². The van der Waals surface area contributed by atoms with Gasteiger partial charge >= 0.3 is 6.18 Å². The van der Waals surface area contributed by atoms with E-state index in [2.05, 4.69) is 10.1 Å². The van der Waals surface area contributed by atoms with E-state index in [9.17, 15) is 18.0 Å². The van der Waals surface area contributed by atoms with Gasteiger partial charge in [0, 0.05) is 18.7 Å². The lowest BCUT2D eigenvalue weighted by atomic mass is 10.1. The molecule has 0 aliphatic carbocycles. The third-order valence-electron chi connectivity index (χ3n) is 5.37. The predicted molar refractivity (Wildman–Crippen MR) is 97.9 cm³/mol. The topological polar surface area (TPSA) is 76.6 Å². The lowest BCUT2D eigenvalue weighted by Gasteiger charge is -2.42. The van der Waals surface area contributed by atoms with Crippen molar-refractivity contribution >= 4 is 11.8 Å². The van der Waals surface area contributed by atoms with Crippen molar-refractivity contribution in [1.82, 2.24) is 14.7 Å². The Morgan fingerprint density at radius 1 is 1.24 bits per heavy atom. The van der Waals surface area contributed by atoms with Gasteiger partial charge in [0.1, 0.15) is 23.8 Å². The standard InChI is InChI=1S/C18H22F3N5O3/c1-11-9-28-10-12(2)26(11)15-7-16(27)24-5-3-14(18(19,20)21)25(17(24)22-15)8-13-4-6-29-23-13/h4,6-7,11-12,14H,3,5,8-10H2,1-2H3/t11-,12-,14?/m1/s1. The monoisotopic (exact) mass is 413 g/mol. The number of halogens is 3. The average molecular weight is 413 g/mol. The maximum absolute atomic E-state index is 13.8. The summed E-state index contributed by atoms with van der Waals surface area (Å²) < 4.78 is 52.9. The van der Waals surface area contributed by atoms with Crippen LogP contribution in [0.1, 0.15) is 26.0 Å². The quantitative estimate of drug-likeness (QED) is 0.763. The second-order valence-electron chi connectivity index (χ2n) is 7.51. The van der Waals surface area contributed by atoms with E-state index in [1.54, 1.807) is 0 Å². The number of aromatic nitrogens is 3. The lowest BCUT2D eigenvalue weighted by Crippen LogP contribution is -2.53. The fourth-order valence-corrected chi connectivity index (χ4v) is 4.06. The fourth-order valence-electron chi connectivity index (χ4n) is 4.06. The van der Waals surface area contributed by atoms with Crippen molar-refractivity contribution in [3.63, 3.8) is 0 Å². The minimum absolute atomic E-state index is 0.00466. The van der Waals surface area contributed by atoms with Crippen LogP contribution in [-0.4, -0.2) is 52.2 Å². The molecule has 2 aliphatic rings. The minimum Gasteiger partial charge on any atom is -0.377 e. The molecule has 2 aromatic heterocycles. The van der Waals surface area contributed by atoms with Crippen LogP contribution in [0.3, 0.4) is 0 Å². The van der Waals surface area contributed by atoms with Gasteiger partial charge in [-0.05, 0) is 20.3 Å². The molecule has 0 radical (unpaired) electrons. The summed E-state index contributed by atoms with van der Waals surface area (Å²) in [5.74, 6) is 0.354. The molecule has 1 fully saturated rings. The van der Waals surface area contributed by atoms with Crippen molar-refractivity contribution in [1.29, 1.82) is 0 Å². The Bertz CT molecular complexity index is 904. The van der Waals surface area contributed by atoms with Gasteiger partial charge in [-0.15, -0.1) is 0 Å². The molecule has 3 atom stereocenters. The van der Waals surface area contributed by atoms with Crippen molar-refractivity contribution < 1.29 is 22.4 Å². The van der Waals surface area contributed by atoms with Crippen LogP contribution in [0.4, 0.5) is 24.9 Å². The normalized spacial score (nSPS) is 25.2. The summed E-state index contributed by atoms with van der Waals surface area (Å²) in [6.07, 6.45) is -3.40. The summed E-state index contributed by atoms with van der Waals surface area (Å²) in [4.78, 5) is 20.3. The zero-order chi connectivity index (χ0) is 20.8. The molecular formula is C18H22F3N5O3. The third-order valence-corrected chi connectivity index (χ3v) is 5.37. The van der Waals surface area contributed by atoms with E-state index in [1.165, 1.54) is 23.0 Å². The minimum atomic E-state index is -4.47. The highest BCUT2D eigenvalue weighted by Crippen LogP contribution is 2.35. The third kappa shape index (κ3) is 3.70. The number of fused-ring (bicyclic) bond motifs is 1. The molecule has 0 aromatic carbocycles. The van der Waals surface area contributed by atoms with Gasteiger partial charge in [0.15, 0.2) is 0 Å². The smallest absolute Gasteiger partial charge is 0.377 e. The summed E-state index contributed by atoms with van der Waals surface area (Å²) in [5.41, 5.74) is -0.0397. The molecule has 0 spiro atoms. The first-order valence-corrected chi connectivity index (χ1v) is 9.46. The molecule has 4 heterocycles. The van der Waals surface area contributed by atoms with Crippen LogP contribution in [0.25, 0.3) is 0 Å². The lowest BCUT2D eigenvalue weighted by molar-refractivity contribution is -0.153. The molecule has 0 bridgehead atoms. The van der Waals surface area contributed by atoms with E-state index in [1.807, 2.05) is 18.7 Å². The highest BCUT2D eigenvalue weighted by Gasteiger charge is 2.47. The van der Waals surface area contributed by atoms with E-state index in [-0.39, 0.29) is 43.1 Å². The Labute approximate surface area is 164 Å². The molecule has 2 aromatic rings. The van der Waals surface area contributed by atoms with Crippen LogP contribution in [0.15, 0.2) is 27.7 Å². The maximum Gasteiger partial charge on any atom is 0.408 e. The van der Waals surface area contributed by atoms with Crippen molar-refractivity contribution in [2.45, 2.75) is 57.7 Å². The molecule has 158 valence electrons. The molecular weight excluding hydrogens is 391 g/mol. The highest BCUT2D eigenvalue weighted by molar-refractivity contribution is 5.48.